The molecule has 1 fully saturated rings. The predicted octanol–water partition coefficient (Wildman–Crippen LogP) is 4.11. The minimum absolute atomic E-state index is 0.00924. The molecule has 6 rings (SSSR count). The minimum Gasteiger partial charge on any atom is -0.393 e. The SMILES string of the molecule is Cn1cc(C(=O)c2cc(F)c3c(c2)C(=O)N(Cc2ccc(C#N)cn2)[C@@]3(OC2CC(O)C2)c2ccc(Cl)cc2)cn1. The van der Waals surface area contributed by atoms with Crippen molar-refractivity contribution in [1.82, 2.24) is 19.7 Å². The molecule has 1 aliphatic heterocycles. The Labute approximate surface area is 239 Å². The normalized spacial score (nSPS) is 21.3. The van der Waals surface area contributed by atoms with E-state index in [1.165, 1.54) is 34.2 Å². The molecule has 2 aromatic heterocycles. The summed E-state index contributed by atoms with van der Waals surface area (Å²) >= 11 is 6.19. The number of ether oxygens (including phenoxy) is 1. The summed E-state index contributed by atoms with van der Waals surface area (Å²) in [4.78, 5) is 33.1. The molecule has 0 bridgehead atoms. The molecule has 0 saturated heterocycles. The van der Waals surface area contributed by atoms with Crippen LogP contribution in [0, 0.1) is 17.1 Å². The first-order chi connectivity index (χ1) is 19.7. The van der Waals surface area contributed by atoms with E-state index in [4.69, 9.17) is 16.3 Å². The highest BCUT2D eigenvalue weighted by Crippen LogP contribution is 2.50. The van der Waals surface area contributed by atoms with Crippen LogP contribution in [0.25, 0.3) is 0 Å². The van der Waals surface area contributed by atoms with Crippen molar-refractivity contribution in [2.24, 2.45) is 7.05 Å². The van der Waals surface area contributed by atoms with E-state index >= 15 is 4.39 Å². The highest BCUT2D eigenvalue weighted by Gasteiger charge is 2.56. The number of aliphatic hydroxyl groups excluding tert-OH is 1. The van der Waals surface area contributed by atoms with Gasteiger partial charge in [0.2, 0.25) is 5.72 Å². The lowest BCUT2D eigenvalue weighted by Gasteiger charge is -2.45. The number of hydrogen-bond donors (Lipinski definition) is 1. The number of nitriles is 1. The number of aromatic nitrogens is 3. The lowest BCUT2D eigenvalue weighted by Crippen LogP contribution is -2.51. The molecular weight excluding hydrogens is 549 g/mol. The van der Waals surface area contributed by atoms with Crippen molar-refractivity contribution in [3.8, 4) is 6.07 Å². The molecule has 41 heavy (non-hydrogen) atoms. The summed E-state index contributed by atoms with van der Waals surface area (Å²) in [5.41, 5.74) is -0.356. The molecule has 11 heteroatoms. The minimum atomic E-state index is -1.75. The third kappa shape index (κ3) is 4.58. The molecule has 0 radical (unpaired) electrons. The number of fused-ring (bicyclic) bond motifs is 1. The number of carbonyl (C=O) groups excluding carboxylic acids is 2. The number of carbonyl (C=O) groups is 2. The summed E-state index contributed by atoms with van der Waals surface area (Å²) < 4.78 is 24.4. The van der Waals surface area contributed by atoms with E-state index in [0.717, 1.165) is 6.07 Å². The van der Waals surface area contributed by atoms with Crippen LogP contribution in [0.1, 0.15) is 61.5 Å². The van der Waals surface area contributed by atoms with Gasteiger partial charge >= 0.3 is 0 Å². The Balaban J connectivity index is 1.54. The number of aryl methyl sites for hydroxylation is 1. The maximum atomic E-state index is 16.4. The van der Waals surface area contributed by atoms with Crippen LogP contribution in [0.5, 0.6) is 0 Å². The highest BCUT2D eigenvalue weighted by molar-refractivity contribution is 6.30. The first kappa shape index (κ1) is 26.8. The zero-order chi connectivity index (χ0) is 28.9. The number of pyridine rings is 1. The van der Waals surface area contributed by atoms with Crippen LogP contribution in [0.3, 0.4) is 0 Å². The monoisotopic (exact) mass is 571 g/mol. The van der Waals surface area contributed by atoms with E-state index in [1.54, 1.807) is 43.4 Å². The van der Waals surface area contributed by atoms with Gasteiger partial charge in [0.25, 0.3) is 5.91 Å². The number of halogens is 2. The zero-order valence-corrected chi connectivity index (χ0v) is 22.5. The molecule has 2 aliphatic rings. The number of ketones is 1. The number of amides is 1. The average Bonchev–Trinajstić information content (AvgIpc) is 3.48. The van der Waals surface area contributed by atoms with Gasteiger partial charge in [0.1, 0.15) is 11.9 Å². The van der Waals surface area contributed by atoms with Crippen LogP contribution < -0.4 is 0 Å². The summed E-state index contributed by atoms with van der Waals surface area (Å²) in [5, 5.41) is 23.6. The molecule has 206 valence electrons. The zero-order valence-electron chi connectivity index (χ0n) is 21.8. The first-order valence-corrected chi connectivity index (χ1v) is 13.2. The predicted molar refractivity (Wildman–Crippen MR) is 144 cm³/mol. The largest absolute Gasteiger partial charge is 0.393 e. The van der Waals surface area contributed by atoms with E-state index in [-0.39, 0.29) is 28.8 Å². The molecule has 9 nitrogen and oxygen atoms in total. The second-order valence-corrected chi connectivity index (χ2v) is 10.6. The molecule has 1 amide bonds. The average molecular weight is 572 g/mol. The standard InChI is InChI=1S/C30H23ClFN5O4/c1-36-15-19(14-35-36)28(39)18-8-25-27(26(32)9-18)30(41-24-10-23(38)11-24,20-3-5-21(31)6-4-20)37(29(25)40)16-22-7-2-17(12-33)13-34-22/h2-9,13-15,23-24,38H,10-11,16H2,1H3/t23?,24?,30-/m1/s1. The molecule has 1 N–H and O–H groups in total. The van der Waals surface area contributed by atoms with Crippen LogP contribution in [0.4, 0.5) is 4.39 Å². The summed E-state index contributed by atoms with van der Waals surface area (Å²) in [5.74, 6) is -1.85. The van der Waals surface area contributed by atoms with Gasteiger partial charge in [0, 0.05) is 35.6 Å². The second-order valence-electron chi connectivity index (χ2n) is 10.2. The lowest BCUT2D eigenvalue weighted by atomic mass is 9.87. The van der Waals surface area contributed by atoms with Crippen LogP contribution in [-0.4, -0.2) is 48.7 Å². The van der Waals surface area contributed by atoms with Crippen LogP contribution in [-0.2, 0) is 24.1 Å². The Hall–Kier alpha value is -4.43. The molecule has 1 saturated carbocycles. The van der Waals surface area contributed by atoms with Gasteiger partial charge in [-0.25, -0.2) is 4.39 Å². The number of hydrogen-bond acceptors (Lipinski definition) is 7. The fourth-order valence-corrected chi connectivity index (χ4v) is 5.48. The molecule has 2 aromatic carbocycles. The summed E-state index contributed by atoms with van der Waals surface area (Å²) in [6.07, 6.45) is 3.84. The number of aliphatic hydroxyl groups is 1. The van der Waals surface area contributed by atoms with Gasteiger partial charge in [-0.15, -0.1) is 0 Å². The van der Waals surface area contributed by atoms with Crippen molar-refractivity contribution in [2.45, 2.75) is 37.3 Å². The van der Waals surface area contributed by atoms with Gasteiger partial charge in [-0.3, -0.25) is 24.2 Å². The molecule has 1 aliphatic carbocycles. The molecule has 0 spiro atoms. The van der Waals surface area contributed by atoms with Gasteiger partial charge in [0.15, 0.2) is 5.78 Å². The number of rotatable bonds is 7. The van der Waals surface area contributed by atoms with E-state index < -0.39 is 35.4 Å². The Morgan fingerprint density at radius 3 is 2.56 bits per heavy atom. The number of nitrogens with zero attached hydrogens (tertiary/aromatic N) is 5. The van der Waals surface area contributed by atoms with Crippen molar-refractivity contribution < 1.29 is 23.8 Å². The van der Waals surface area contributed by atoms with Gasteiger partial charge in [-0.1, -0.05) is 23.7 Å². The number of benzene rings is 2. The maximum Gasteiger partial charge on any atom is 0.257 e. The summed E-state index contributed by atoms with van der Waals surface area (Å²) in [7, 11) is 1.66. The molecule has 1 atom stereocenters. The van der Waals surface area contributed by atoms with Crippen molar-refractivity contribution in [3.63, 3.8) is 0 Å². The Bertz CT molecular complexity index is 1710. The van der Waals surface area contributed by atoms with Crippen molar-refractivity contribution >= 4 is 23.3 Å². The summed E-state index contributed by atoms with van der Waals surface area (Å²) in [6.45, 7) is -0.0948. The highest BCUT2D eigenvalue weighted by atomic mass is 35.5. The van der Waals surface area contributed by atoms with Crippen LogP contribution in [0.2, 0.25) is 5.02 Å². The van der Waals surface area contributed by atoms with Gasteiger partial charge < -0.3 is 9.84 Å². The van der Waals surface area contributed by atoms with E-state index in [0.29, 0.717) is 34.7 Å². The van der Waals surface area contributed by atoms with Crippen molar-refractivity contribution in [1.29, 1.82) is 5.26 Å². The summed E-state index contributed by atoms with van der Waals surface area (Å²) in [6, 6.07) is 14.3. The topological polar surface area (TPSA) is 121 Å². The van der Waals surface area contributed by atoms with E-state index in [9.17, 15) is 20.0 Å². The molecule has 4 aromatic rings. The van der Waals surface area contributed by atoms with Crippen LogP contribution in [0.15, 0.2) is 67.1 Å². The Morgan fingerprint density at radius 1 is 1.20 bits per heavy atom. The lowest BCUT2D eigenvalue weighted by molar-refractivity contribution is -0.191. The van der Waals surface area contributed by atoms with Crippen molar-refractivity contribution in [2.75, 3.05) is 0 Å². The van der Waals surface area contributed by atoms with Gasteiger partial charge in [0.05, 0.1) is 52.9 Å². The third-order valence-corrected chi connectivity index (χ3v) is 7.68. The fraction of sp³-hybridized carbons (Fsp3) is 0.233. The van der Waals surface area contributed by atoms with E-state index in [1.807, 2.05) is 6.07 Å². The molecule has 0 unspecified atom stereocenters. The molecule has 3 heterocycles. The van der Waals surface area contributed by atoms with Crippen molar-refractivity contribution in [3.05, 3.63) is 117 Å². The Kier molecular flexibility index (Phi) is 6.66. The first-order valence-electron chi connectivity index (χ1n) is 12.9. The van der Waals surface area contributed by atoms with Gasteiger partial charge in [-0.2, -0.15) is 10.4 Å². The smallest absolute Gasteiger partial charge is 0.257 e. The maximum absolute atomic E-state index is 16.4. The van der Waals surface area contributed by atoms with Gasteiger partial charge in [-0.05, 0) is 49.2 Å². The van der Waals surface area contributed by atoms with E-state index in [2.05, 4.69) is 10.1 Å². The third-order valence-electron chi connectivity index (χ3n) is 7.43. The quantitative estimate of drug-likeness (QED) is 0.331. The Morgan fingerprint density at radius 2 is 1.95 bits per heavy atom. The second kappa shape index (κ2) is 10.2. The fourth-order valence-electron chi connectivity index (χ4n) is 5.35. The molecular formula is C30H23ClFN5O4. The van der Waals surface area contributed by atoms with Crippen LogP contribution >= 0.6 is 11.6 Å².